The molecule has 1 aromatic rings. The van der Waals surface area contributed by atoms with Crippen molar-refractivity contribution in [3.8, 4) is 0 Å². The minimum absolute atomic E-state index is 0.376. The molecule has 11 heavy (non-hydrogen) atoms. The molecule has 0 aliphatic carbocycles. The number of hydrogen-bond donors (Lipinski definition) is 0. The van der Waals surface area contributed by atoms with Crippen LogP contribution in [0.5, 0.6) is 0 Å². The Kier molecular flexibility index (Phi) is 2.92. The highest BCUT2D eigenvalue weighted by Gasteiger charge is 1.96. The molecule has 0 aliphatic heterocycles. The number of halogens is 2. The van der Waals surface area contributed by atoms with E-state index in [9.17, 15) is 4.79 Å². The predicted molar refractivity (Wildman–Crippen MR) is 46.4 cm³/mol. The molecule has 1 rings (SSSR count). The van der Waals surface area contributed by atoms with Gasteiger partial charge in [-0.15, -0.1) is 11.6 Å². The van der Waals surface area contributed by atoms with E-state index in [2.05, 4.69) is 0 Å². The molecule has 0 aromatic heterocycles. The molecule has 0 saturated carbocycles. The van der Waals surface area contributed by atoms with Crippen molar-refractivity contribution < 1.29 is 4.79 Å². The van der Waals surface area contributed by atoms with Gasteiger partial charge in [0.2, 0.25) is 0 Å². The second-order valence-corrected chi connectivity index (χ2v) is 2.85. The first-order valence-corrected chi connectivity index (χ1v) is 3.98. The van der Waals surface area contributed by atoms with Crippen LogP contribution in [0, 0.1) is 0 Å². The maximum absolute atomic E-state index is 10.3. The number of rotatable bonds is 2. The van der Waals surface area contributed by atoms with Crippen molar-refractivity contribution in [2.45, 2.75) is 5.88 Å². The maximum atomic E-state index is 10.3. The van der Waals surface area contributed by atoms with E-state index in [0.717, 1.165) is 11.8 Å². The molecule has 58 valence electrons. The topological polar surface area (TPSA) is 17.1 Å². The number of benzene rings is 1. The van der Waals surface area contributed by atoms with E-state index in [1.165, 1.54) is 0 Å². The van der Waals surface area contributed by atoms with Gasteiger partial charge >= 0.3 is 0 Å². The van der Waals surface area contributed by atoms with Crippen LogP contribution in [0.2, 0.25) is 5.02 Å². The fourth-order valence-corrected chi connectivity index (χ4v) is 1.24. The van der Waals surface area contributed by atoms with Crippen LogP contribution < -0.4 is 0 Å². The quantitative estimate of drug-likeness (QED) is 0.516. The van der Waals surface area contributed by atoms with Crippen molar-refractivity contribution in [2.75, 3.05) is 0 Å². The molecule has 3 heteroatoms. The Morgan fingerprint density at radius 3 is 2.64 bits per heavy atom. The molecule has 0 heterocycles. The normalized spacial score (nSPS) is 9.64. The van der Waals surface area contributed by atoms with Crippen LogP contribution in [0.3, 0.4) is 0 Å². The molecular weight excluding hydrogens is 183 g/mol. The molecule has 0 aliphatic rings. The van der Waals surface area contributed by atoms with Crippen LogP contribution in [-0.4, -0.2) is 6.29 Å². The van der Waals surface area contributed by atoms with Crippen molar-refractivity contribution >= 4 is 29.5 Å². The fourth-order valence-electron chi connectivity index (χ4n) is 0.821. The number of aldehydes is 1. The summed E-state index contributed by atoms with van der Waals surface area (Å²) >= 11 is 11.2. The zero-order valence-corrected chi connectivity index (χ0v) is 7.19. The summed E-state index contributed by atoms with van der Waals surface area (Å²) < 4.78 is 0. The van der Waals surface area contributed by atoms with Crippen LogP contribution >= 0.6 is 23.2 Å². The summed E-state index contributed by atoms with van der Waals surface area (Å²) in [7, 11) is 0. The lowest BCUT2D eigenvalue weighted by Gasteiger charge is -1.97. The number of carbonyl (C=O) groups is 1. The standard InChI is InChI=1S/C8H6Cl2O/c9-4-6-1-7(5-11)3-8(10)2-6/h1-3,5H,4H2. The van der Waals surface area contributed by atoms with Crippen LogP contribution in [0.4, 0.5) is 0 Å². The smallest absolute Gasteiger partial charge is 0.150 e. The lowest BCUT2D eigenvalue weighted by molar-refractivity contribution is 0.112. The molecule has 1 aromatic carbocycles. The average molecular weight is 189 g/mol. The molecule has 0 N–H and O–H groups in total. The van der Waals surface area contributed by atoms with Crippen molar-refractivity contribution in [2.24, 2.45) is 0 Å². The molecule has 0 unspecified atom stereocenters. The summed E-state index contributed by atoms with van der Waals surface area (Å²) in [6, 6.07) is 5.05. The fraction of sp³-hybridized carbons (Fsp3) is 0.125. The highest BCUT2D eigenvalue weighted by Crippen LogP contribution is 2.15. The third kappa shape index (κ3) is 2.21. The Labute approximate surface area is 74.9 Å². The Bertz CT molecular complexity index is 271. The van der Waals surface area contributed by atoms with E-state index in [0.29, 0.717) is 16.5 Å². The van der Waals surface area contributed by atoms with E-state index in [1.807, 2.05) is 0 Å². The van der Waals surface area contributed by atoms with Gasteiger partial charge in [0.15, 0.2) is 0 Å². The first kappa shape index (κ1) is 8.57. The van der Waals surface area contributed by atoms with E-state index in [-0.39, 0.29) is 0 Å². The second kappa shape index (κ2) is 3.74. The Hall–Kier alpha value is -0.530. The zero-order valence-electron chi connectivity index (χ0n) is 5.68. The molecule has 0 saturated heterocycles. The summed E-state index contributed by atoms with van der Waals surface area (Å²) in [6.45, 7) is 0. The molecule has 0 radical (unpaired) electrons. The molecule has 0 fully saturated rings. The molecular formula is C8H6Cl2O. The predicted octanol–water partition coefficient (Wildman–Crippen LogP) is 2.89. The summed E-state index contributed by atoms with van der Waals surface area (Å²) in [6.07, 6.45) is 0.752. The molecule has 0 amide bonds. The minimum atomic E-state index is 0.376. The third-order valence-corrected chi connectivity index (χ3v) is 1.80. The average Bonchev–Trinajstić information content (AvgIpc) is 2.03. The van der Waals surface area contributed by atoms with Crippen molar-refractivity contribution in [1.29, 1.82) is 0 Å². The monoisotopic (exact) mass is 188 g/mol. The SMILES string of the molecule is O=Cc1cc(Cl)cc(CCl)c1. The van der Waals surface area contributed by atoms with E-state index < -0.39 is 0 Å². The lowest BCUT2D eigenvalue weighted by Crippen LogP contribution is -1.83. The number of carbonyl (C=O) groups excluding carboxylic acids is 1. The van der Waals surface area contributed by atoms with Gasteiger partial charge in [-0.05, 0) is 23.8 Å². The first-order valence-electron chi connectivity index (χ1n) is 3.07. The lowest BCUT2D eigenvalue weighted by atomic mass is 10.2. The van der Waals surface area contributed by atoms with Gasteiger partial charge in [-0.3, -0.25) is 4.79 Å². The largest absolute Gasteiger partial charge is 0.298 e. The highest BCUT2D eigenvalue weighted by atomic mass is 35.5. The number of hydrogen-bond acceptors (Lipinski definition) is 1. The molecule has 0 atom stereocenters. The van der Waals surface area contributed by atoms with Crippen molar-refractivity contribution in [3.63, 3.8) is 0 Å². The van der Waals surface area contributed by atoms with E-state index in [4.69, 9.17) is 23.2 Å². The molecule has 1 nitrogen and oxygen atoms in total. The Morgan fingerprint density at radius 1 is 1.36 bits per heavy atom. The van der Waals surface area contributed by atoms with E-state index in [1.54, 1.807) is 18.2 Å². The zero-order chi connectivity index (χ0) is 8.27. The van der Waals surface area contributed by atoms with E-state index >= 15 is 0 Å². The van der Waals surface area contributed by atoms with Crippen LogP contribution in [-0.2, 0) is 5.88 Å². The van der Waals surface area contributed by atoms with Gasteiger partial charge in [-0.25, -0.2) is 0 Å². The summed E-state index contributed by atoms with van der Waals surface area (Å²) in [5, 5.41) is 0.547. The molecule has 0 bridgehead atoms. The van der Waals surface area contributed by atoms with Gasteiger partial charge in [0.1, 0.15) is 6.29 Å². The van der Waals surface area contributed by atoms with Crippen LogP contribution in [0.25, 0.3) is 0 Å². The van der Waals surface area contributed by atoms with Gasteiger partial charge in [0.05, 0.1) is 0 Å². The summed E-state index contributed by atoms with van der Waals surface area (Å²) in [5.74, 6) is 0.376. The summed E-state index contributed by atoms with van der Waals surface area (Å²) in [4.78, 5) is 10.3. The molecule has 0 spiro atoms. The van der Waals surface area contributed by atoms with Crippen LogP contribution in [0.1, 0.15) is 15.9 Å². The van der Waals surface area contributed by atoms with Crippen LogP contribution in [0.15, 0.2) is 18.2 Å². The second-order valence-electron chi connectivity index (χ2n) is 2.14. The Morgan fingerprint density at radius 2 is 2.09 bits per heavy atom. The van der Waals surface area contributed by atoms with Gasteiger partial charge in [-0.2, -0.15) is 0 Å². The maximum Gasteiger partial charge on any atom is 0.150 e. The minimum Gasteiger partial charge on any atom is -0.298 e. The first-order chi connectivity index (χ1) is 5.26. The summed E-state index contributed by atoms with van der Waals surface area (Å²) in [5.41, 5.74) is 1.43. The Balaban J connectivity index is 3.11. The van der Waals surface area contributed by atoms with Gasteiger partial charge < -0.3 is 0 Å². The number of alkyl halides is 1. The third-order valence-electron chi connectivity index (χ3n) is 1.27. The van der Waals surface area contributed by atoms with Gasteiger partial charge in [0.25, 0.3) is 0 Å². The van der Waals surface area contributed by atoms with Crippen molar-refractivity contribution in [3.05, 3.63) is 34.3 Å². The van der Waals surface area contributed by atoms with Gasteiger partial charge in [-0.1, -0.05) is 11.6 Å². The van der Waals surface area contributed by atoms with Crippen molar-refractivity contribution in [1.82, 2.24) is 0 Å². The van der Waals surface area contributed by atoms with Gasteiger partial charge in [0, 0.05) is 16.5 Å². The highest BCUT2D eigenvalue weighted by molar-refractivity contribution is 6.31.